The van der Waals surface area contributed by atoms with Crippen molar-refractivity contribution in [3.8, 4) is 0 Å². The highest BCUT2D eigenvalue weighted by Gasteiger charge is 2.07. The van der Waals surface area contributed by atoms with E-state index in [0.717, 1.165) is 18.8 Å². The minimum Gasteiger partial charge on any atom is -0.349 e. The normalized spacial score (nSPS) is 11.3. The molecule has 0 aliphatic rings. The molecule has 0 bridgehead atoms. The number of guanidine groups is 1. The van der Waals surface area contributed by atoms with Crippen molar-refractivity contribution in [1.82, 2.24) is 9.80 Å². The first-order chi connectivity index (χ1) is 5.99. The Balaban J connectivity index is 0. The third-order valence-electron chi connectivity index (χ3n) is 1.58. The standard InChI is InChI=1S/C9H20BrN3.ClH/c1-6-7-8(10)11-9(12(2)3)13(4)5;/h8H,6-7H2,1-5H3;1H. The number of nitrogens with zero attached hydrogens (tertiary/aromatic N) is 3. The SMILES string of the molecule is CCCC(Br)N=C(N(C)C)N(C)C.Cl. The van der Waals surface area contributed by atoms with E-state index < -0.39 is 0 Å². The zero-order valence-corrected chi connectivity index (χ0v) is 12.0. The van der Waals surface area contributed by atoms with E-state index in [1.165, 1.54) is 0 Å². The Bertz CT molecular complexity index is 161. The van der Waals surface area contributed by atoms with Gasteiger partial charge in [-0.1, -0.05) is 29.3 Å². The fourth-order valence-corrected chi connectivity index (χ4v) is 1.70. The predicted molar refractivity (Wildman–Crippen MR) is 69.7 cm³/mol. The average molecular weight is 287 g/mol. The molecule has 0 amide bonds. The second kappa shape index (κ2) is 8.36. The zero-order valence-electron chi connectivity index (χ0n) is 9.62. The summed E-state index contributed by atoms with van der Waals surface area (Å²) in [5.41, 5.74) is 0. The summed E-state index contributed by atoms with van der Waals surface area (Å²) in [5.74, 6) is 0.996. The Hall–Kier alpha value is 0.0400. The molecule has 0 aromatic rings. The Labute approximate surface area is 102 Å². The van der Waals surface area contributed by atoms with Gasteiger partial charge in [0, 0.05) is 28.2 Å². The molecule has 14 heavy (non-hydrogen) atoms. The first-order valence-corrected chi connectivity index (χ1v) is 5.47. The maximum atomic E-state index is 4.55. The highest BCUT2D eigenvalue weighted by Crippen LogP contribution is 2.10. The second-order valence-corrected chi connectivity index (χ2v) is 4.50. The summed E-state index contributed by atoms with van der Waals surface area (Å²) in [7, 11) is 8.02. The van der Waals surface area contributed by atoms with Gasteiger partial charge in [0.05, 0.1) is 0 Å². The topological polar surface area (TPSA) is 18.8 Å². The molecule has 0 spiro atoms. The van der Waals surface area contributed by atoms with Crippen LogP contribution in [-0.4, -0.2) is 48.9 Å². The molecule has 0 aliphatic carbocycles. The third-order valence-corrected chi connectivity index (χ3v) is 2.25. The lowest BCUT2D eigenvalue weighted by Crippen LogP contribution is -2.36. The molecule has 0 saturated heterocycles. The maximum absolute atomic E-state index is 4.55. The van der Waals surface area contributed by atoms with Crippen molar-refractivity contribution in [3.05, 3.63) is 0 Å². The van der Waals surface area contributed by atoms with Crippen molar-refractivity contribution in [1.29, 1.82) is 0 Å². The van der Waals surface area contributed by atoms with Gasteiger partial charge in [-0.2, -0.15) is 0 Å². The number of aliphatic imine (C=N–C) groups is 1. The number of rotatable bonds is 3. The fourth-order valence-electron chi connectivity index (χ4n) is 1.06. The molecule has 0 radical (unpaired) electrons. The highest BCUT2D eigenvalue weighted by atomic mass is 79.9. The predicted octanol–water partition coefficient (Wildman–Crippen LogP) is 2.41. The van der Waals surface area contributed by atoms with E-state index in [0.29, 0.717) is 0 Å². The average Bonchev–Trinajstić information content (AvgIpc) is 1.99. The van der Waals surface area contributed by atoms with E-state index in [-0.39, 0.29) is 17.4 Å². The Morgan fingerprint density at radius 1 is 1.21 bits per heavy atom. The van der Waals surface area contributed by atoms with Crippen LogP contribution in [0.25, 0.3) is 0 Å². The van der Waals surface area contributed by atoms with E-state index in [2.05, 4.69) is 27.8 Å². The van der Waals surface area contributed by atoms with Crippen LogP contribution in [0.2, 0.25) is 0 Å². The molecule has 1 atom stereocenters. The lowest BCUT2D eigenvalue weighted by atomic mass is 10.3. The second-order valence-electron chi connectivity index (χ2n) is 3.44. The van der Waals surface area contributed by atoms with E-state index in [9.17, 15) is 0 Å². The van der Waals surface area contributed by atoms with Crippen LogP contribution in [0.3, 0.4) is 0 Å². The van der Waals surface area contributed by atoms with E-state index >= 15 is 0 Å². The summed E-state index contributed by atoms with van der Waals surface area (Å²) in [6.45, 7) is 2.16. The van der Waals surface area contributed by atoms with Gasteiger partial charge in [-0.25, -0.2) is 4.99 Å². The third kappa shape index (κ3) is 6.49. The van der Waals surface area contributed by atoms with Crippen molar-refractivity contribution in [2.24, 2.45) is 4.99 Å². The first kappa shape index (κ1) is 16.5. The van der Waals surface area contributed by atoms with Crippen LogP contribution in [0.4, 0.5) is 0 Å². The molecule has 0 rings (SSSR count). The molecule has 0 saturated carbocycles. The zero-order chi connectivity index (χ0) is 10.4. The molecule has 86 valence electrons. The molecule has 0 aromatic heterocycles. The molecule has 3 nitrogen and oxygen atoms in total. The summed E-state index contributed by atoms with van der Waals surface area (Å²) in [4.78, 5) is 8.82. The largest absolute Gasteiger partial charge is 0.349 e. The van der Waals surface area contributed by atoms with Gasteiger partial charge in [-0.3, -0.25) is 0 Å². The van der Waals surface area contributed by atoms with Crippen LogP contribution in [0.5, 0.6) is 0 Å². The van der Waals surface area contributed by atoms with Gasteiger partial charge in [-0.15, -0.1) is 12.4 Å². The number of alkyl halides is 1. The van der Waals surface area contributed by atoms with E-state index in [4.69, 9.17) is 0 Å². The van der Waals surface area contributed by atoms with Crippen molar-refractivity contribution in [3.63, 3.8) is 0 Å². The monoisotopic (exact) mass is 285 g/mol. The molecular formula is C9H21BrClN3. The molecular weight excluding hydrogens is 265 g/mol. The van der Waals surface area contributed by atoms with Gasteiger partial charge in [0.15, 0.2) is 5.96 Å². The number of hydrogen-bond donors (Lipinski definition) is 0. The molecule has 0 aliphatic heterocycles. The van der Waals surface area contributed by atoms with Gasteiger partial charge in [0.1, 0.15) is 4.95 Å². The van der Waals surface area contributed by atoms with Crippen molar-refractivity contribution < 1.29 is 0 Å². The summed E-state index contributed by atoms with van der Waals surface area (Å²) in [6, 6.07) is 0. The maximum Gasteiger partial charge on any atom is 0.196 e. The molecule has 0 fully saturated rings. The van der Waals surface area contributed by atoms with Gasteiger partial charge in [0.2, 0.25) is 0 Å². The smallest absolute Gasteiger partial charge is 0.196 e. The molecule has 1 unspecified atom stereocenters. The first-order valence-electron chi connectivity index (χ1n) is 4.55. The van der Waals surface area contributed by atoms with Crippen LogP contribution >= 0.6 is 28.3 Å². The summed E-state index contributed by atoms with van der Waals surface area (Å²) >= 11 is 3.53. The van der Waals surface area contributed by atoms with Gasteiger partial charge < -0.3 is 9.80 Å². The van der Waals surface area contributed by atoms with Gasteiger partial charge in [-0.05, 0) is 6.42 Å². The van der Waals surface area contributed by atoms with Crippen LogP contribution in [0.1, 0.15) is 19.8 Å². The molecule has 0 aromatic carbocycles. The lowest BCUT2D eigenvalue weighted by molar-refractivity contribution is 0.477. The van der Waals surface area contributed by atoms with Crippen LogP contribution < -0.4 is 0 Å². The minimum absolute atomic E-state index is 0. The van der Waals surface area contributed by atoms with Crippen LogP contribution in [-0.2, 0) is 0 Å². The van der Waals surface area contributed by atoms with Gasteiger partial charge in [0.25, 0.3) is 0 Å². The number of hydrogen-bond acceptors (Lipinski definition) is 1. The minimum atomic E-state index is 0. The Morgan fingerprint density at radius 3 is 1.93 bits per heavy atom. The molecule has 0 N–H and O–H groups in total. The summed E-state index contributed by atoms with van der Waals surface area (Å²) in [6.07, 6.45) is 2.22. The van der Waals surface area contributed by atoms with Crippen LogP contribution in [0.15, 0.2) is 4.99 Å². The van der Waals surface area contributed by atoms with E-state index in [1.807, 2.05) is 38.0 Å². The van der Waals surface area contributed by atoms with Crippen LogP contribution in [0, 0.1) is 0 Å². The van der Waals surface area contributed by atoms with Crippen molar-refractivity contribution in [2.75, 3.05) is 28.2 Å². The van der Waals surface area contributed by atoms with E-state index in [1.54, 1.807) is 0 Å². The summed E-state index contributed by atoms with van der Waals surface area (Å²) < 4.78 is 0. The lowest BCUT2D eigenvalue weighted by Gasteiger charge is -2.23. The quantitative estimate of drug-likeness (QED) is 0.343. The molecule has 0 heterocycles. The van der Waals surface area contributed by atoms with Crippen molar-refractivity contribution in [2.45, 2.75) is 24.7 Å². The molecule has 5 heteroatoms. The highest BCUT2D eigenvalue weighted by molar-refractivity contribution is 9.09. The Morgan fingerprint density at radius 2 is 1.64 bits per heavy atom. The summed E-state index contributed by atoms with van der Waals surface area (Å²) in [5, 5.41) is 0. The van der Waals surface area contributed by atoms with Gasteiger partial charge >= 0.3 is 0 Å². The Kier molecular flexibility index (Phi) is 9.83. The fraction of sp³-hybridized carbons (Fsp3) is 0.889. The number of halogens is 2. The van der Waals surface area contributed by atoms with Crippen molar-refractivity contribution >= 4 is 34.3 Å².